The Morgan fingerprint density at radius 2 is 1.87 bits per heavy atom. The number of carbonyl (C=O) groups is 2. The molecule has 1 saturated heterocycles. The zero-order valence-corrected chi connectivity index (χ0v) is 16.9. The Labute approximate surface area is 178 Å². The van der Waals surface area contributed by atoms with Crippen LogP contribution in [0.25, 0.3) is 10.9 Å². The monoisotopic (exact) mass is 413 g/mol. The minimum atomic E-state index is -0.0892. The van der Waals surface area contributed by atoms with Gasteiger partial charge in [0.2, 0.25) is 0 Å². The number of benzene rings is 2. The van der Waals surface area contributed by atoms with Crippen LogP contribution in [0, 0.1) is 5.92 Å². The quantitative estimate of drug-likeness (QED) is 0.377. The Morgan fingerprint density at radius 1 is 1.00 bits per heavy atom. The standard InChI is InChI=1S/C24H19N3O2S/c28-23(16-5-2-1-3-6-16)18-9-8-17-11-22(26-21(17)12-18)24(29)19-14-27(30-15-19)20-7-4-10-25-13-20/h1-13,19,26H,14-15H2. The third kappa shape index (κ3) is 3.50. The van der Waals surface area contributed by atoms with E-state index < -0.39 is 0 Å². The Morgan fingerprint density at radius 3 is 2.67 bits per heavy atom. The number of carbonyl (C=O) groups excluding carboxylic acids is 2. The molecule has 0 radical (unpaired) electrons. The second kappa shape index (κ2) is 7.80. The third-order valence-electron chi connectivity index (χ3n) is 5.31. The smallest absolute Gasteiger partial charge is 0.193 e. The minimum Gasteiger partial charge on any atom is -0.352 e. The molecular formula is C24H19N3O2S. The molecule has 1 aliphatic heterocycles. The normalized spacial score (nSPS) is 16.1. The van der Waals surface area contributed by atoms with Gasteiger partial charge in [-0.2, -0.15) is 0 Å². The first kappa shape index (κ1) is 18.6. The van der Waals surface area contributed by atoms with E-state index in [9.17, 15) is 9.59 Å². The summed E-state index contributed by atoms with van der Waals surface area (Å²) in [5.41, 5.74) is 3.66. The van der Waals surface area contributed by atoms with Crippen molar-refractivity contribution < 1.29 is 9.59 Å². The van der Waals surface area contributed by atoms with Crippen LogP contribution >= 0.6 is 11.9 Å². The number of anilines is 1. The number of hydrogen-bond donors (Lipinski definition) is 1. The lowest BCUT2D eigenvalue weighted by molar-refractivity contribution is 0.0935. The highest BCUT2D eigenvalue weighted by atomic mass is 32.2. The summed E-state index contributed by atoms with van der Waals surface area (Å²) in [6, 6.07) is 20.5. The number of hydrogen-bond acceptors (Lipinski definition) is 5. The fourth-order valence-electron chi connectivity index (χ4n) is 3.70. The molecule has 1 N–H and O–H groups in total. The van der Waals surface area contributed by atoms with Gasteiger partial charge in [-0.05, 0) is 36.2 Å². The van der Waals surface area contributed by atoms with Crippen molar-refractivity contribution in [2.75, 3.05) is 16.6 Å². The van der Waals surface area contributed by atoms with Crippen LogP contribution in [0.15, 0.2) is 79.1 Å². The number of ketones is 2. The summed E-state index contributed by atoms with van der Waals surface area (Å²) in [4.78, 5) is 33.2. The first-order valence-corrected chi connectivity index (χ1v) is 10.7. The molecule has 0 spiro atoms. The first-order valence-electron chi connectivity index (χ1n) is 9.76. The molecule has 2 aromatic carbocycles. The molecule has 1 atom stereocenters. The van der Waals surface area contributed by atoms with Gasteiger partial charge in [-0.3, -0.25) is 14.6 Å². The summed E-state index contributed by atoms with van der Waals surface area (Å²) >= 11 is 1.65. The van der Waals surface area contributed by atoms with Crippen LogP contribution in [0.4, 0.5) is 5.69 Å². The average Bonchev–Trinajstić information content (AvgIpc) is 3.46. The van der Waals surface area contributed by atoms with Crippen LogP contribution in [0.5, 0.6) is 0 Å². The summed E-state index contributed by atoms with van der Waals surface area (Å²) in [6.07, 6.45) is 3.56. The van der Waals surface area contributed by atoms with Gasteiger partial charge in [0.1, 0.15) is 0 Å². The van der Waals surface area contributed by atoms with Gasteiger partial charge in [-0.15, -0.1) is 0 Å². The molecule has 5 rings (SSSR count). The van der Waals surface area contributed by atoms with Gasteiger partial charge in [-0.25, -0.2) is 0 Å². The van der Waals surface area contributed by atoms with E-state index in [4.69, 9.17) is 0 Å². The molecule has 0 saturated carbocycles. The molecule has 30 heavy (non-hydrogen) atoms. The predicted octanol–water partition coefficient (Wildman–Crippen LogP) is 4.76. The number of rotatable bonds is 5. The second-order valence-corrected chi connectivity index (χ2v) is 8.34. The molecule has 1 fully saturated rings. The minimum absolute atomic E-state index is 0.0284. The largest absolute Gasteiger partial charge is 0.352 e. The van der Waals surface area contributed by atoms with Gasteiger partial charge in [0, 0.05) is 40.5 Å². The highest BCUT2D eigenvalue weighted by Gasteiger charge is 2.31. The van der Waals surface area contributed by atoms with E-state index in [1.165, 1.54) is 0 Å². The summed E-state index contributed by atoms with van der Waals surface area (Å²) in [5, 5.41) is 0.928. The lowest BCUT2D eigenvalue weighted by Crippen LogP contribution is -2.22. The molecule has 4 aromatic rings. The molecule has 0 amide bonds. The average molecular weight is 414 g/mol. The topological polar surface area (TPSA) is 66.1 Å². The zero-order chi connectivity index (χ0) is 20.5. The number of nitrogens with zero attached hydrogens (tertiary/aromatic N) is 2. The first-order chi connectivity index (χ1) is 14.7. The van der Waals surface area contributed by atoms with Gasteiger partial charge in [0.05, 0.1) is 23.5 Å². The molecule has 0 bridgehead atoms. The number of nitrogens with one attached hydrogen (secondary N) is 1. The number of H-pyrrole nitrogens is 1. The lowest BCUT2D eigenvalue weighted by Gasteiger charge is -2.15. The van der Waals surface area contributed by atoms with Crippen LogP contribution < -0.4 is 4.31 Å². The van der Waals surface area contributed by atoms with E-state index in [2.05, 4.69) is 14.3 Å². The number of fused-ring (bicyclic) bond motifs is 1. The van der Waals surface area contributed by atoms with E-state index in [1.54, 1.807) is 18.1 Å². The second-order valence-electron chi connectivity index (χ2n) is 7.31. The molecule has 6 heteroatoms. The van der Waals surface area contributed by atoms with E-state index in [0.717, 1.165) is 22.3 Å². The van der Waals surface area contributed by atoms with Crippen molar-refractivity contribution in [3.8, 4) is 0 Å². The summed E-state index contributed by atoms with van der Waals surface area (Å²) in [6.45, 7) is 0.655. The molecule has 5 nitrogen and oxygen atoms in total. The van der Waals surface area contributed by atoms with E-state index in [1.807, 2.05) is 72.9 Å². The molecule has 2 aromatic heterocycles. The summed E-state index contributed by atoms with van der Waals surface area (Å²) in [5.74, 6) is 0.717. The maximum absolute atomic E-state index is 13.1. The third-order valence-corrected chi connectivity index (χ3v) is 6.53. The zero-order valence-electron chi connectivity index (χ0n) is 16.1. The van der Waals surface area contributed by atoms with Gasteiger partial charge < -0.3 is 9.29 Å². The van der Waals surface area contributed by atoms with E-state index in [0.29, 0.717) is 23.4 Å². The number of aromatic amines is 1. The number of Topliss-reactive ketones (excluding diaryl/α,β-unsaturated/α-hetero) is 1. The number of aromatic nitrogens is 2. The van der Waals surface area contributed by atoms with Crippen LogP contribution in [0.2, 0.25) is 0 Å². The molecule has 1 unspecified atom stereocenters. The number of pyridine rings is 1. The van der Waals surface area contributed by atoms with E-state index in [-0.39, 0.29) is 17.5 Å². The van der Waals surface area contributed by atoms with Crippen molar-refractivity contribution in [1.29, 1.82) is 0 Å². The van der Waals surface area contributed by atoms with E-state index >= 15 is 0 Å². The van der Waals surface area contributed by atoms with Crippen LogP contribution in [0.3, 0.4) is 0 Å². The van der Waals surface area contributed by atoms with Crippen LogP contribution in [-0.4, -0.2) is 33.8 Å². The summed E-state index contributed by atoms with van der Waals surface area (Å²) < 4.78 is 2.12. The Bertz CT molecular complexity index is 1220. The fourth-order valence-corrected chi connectivity index (χ4v) is 4.86. The van der Waals surface area contributed by atoms with Crippen molar-refractivity contribution in [2.24, 2.45) is 5.92 Å². The maximum Gasteiger partial charge on any atom is 0.193 e. The van der Waals surface area contributed by atoms with Gasteiger partial charge in [0.15, 0.2) is 11.6 Å². The van der Waals surface area contributed by atoms with Crippen molar-refractivity contribution in [3.63, 3.8) is 0 Å². The van der Waals surface area contributed by atoms with Crippen LogP contribution in [0.1, 0.15) is 26.4 Å². The van der Waals surface area contributed by atoms with Gasteiger partial charge in [-0.1, -0.05) is 42.5 Å². The molecule has 148 valence electrons. The lowest BCUT2D eigenvalue weighted by atomic mass is 10.0. The fraction of sp³-hybridized carbons (Fsp3) is 0.125. The van der Waals surface area contributed by atoms with Crippen molar-refractivity contribution in [1.82, 2.24) is 9.97 Å². The van der Waals surface area contributed by atoms with Crippen molar-refractivity contribution in [2.45, 2.75) is 0 Å². The predicted molar refractivity (Wildman–Crippen MR) is 120 cm³/mol. The highest BCUT2D eigenvalue weighted by Crippen LogP contribution is 2.33. The Kier molecular flexibility index (Phi) is 4.85. The molecule has 0 aliphatic carbocycles. The van der Waals surface area contributed by atoms with Crippen molar-refractivity contribution in [3.05, 3.63) is 95.9 Å². The SMILES string of the molecule is O=C(c1ccccc1)c1ccc2cc(C(=O)C3CSN(c4cccnc4)C3)[nH]c2c1. The van der Waals surface area contributed by atoms with Crippen LogP contribution in [-0.2, 0) is 0 Å². The maximum atomic E-state index is 13.1. The highest BCUT2D eigenvalue weighted by molar-refractivity contribution is 8.00. The summed E-state index contributed by atoms with van der Waals surface area (Å²) in [7, 11) is 0. The Balaban J connectivity index is 1.36. The van der Waals surface area contributed by atoms with Gasteiger partial charge >= 0.3 is 0 Å². The van der Waals surface area contributed by atoms with Gasteiger partial charge in [0.25, 0.3) is 0 Å². The van der Waals surface area contributed by atoms with Crippen molar-refractivity contribution >= 4 is 40.1 Å². The molecule has 1 aliphatic rings. The Hall–Kier alpha value is -3.38. The molecule has 3 heterocycles. The molecular weight excluding hydrogens is 394 g/mol.